The van der Waals surface area contributed by atoms with Crippen molar-refractivity contribution in [3.8, 4) is 0 Å². The fourth-order valence-electron chi connectivity index (χ4n) is 2.86. The van der Waals surface area contributed by atoms with E-state index in [0.29, 0.717) is 18.0 Å². The third kappa shape index (κ3) is 3.50. The Balaban J connectivity index is 1.72. The summed E-state index contributed by atoms with van der Waals surface area (Å²) in [6.45, 7) is 7.00. The highest BCUT2D eigenvalue weighted by Gasteiger charge is 2.27. The Morgan fingerprint density at radius 2 is 2.25 bits per heavy atom. The molecule has 1 aliphatic rings. The number of hydrogen-bond donors (Lipinski definition) is 3. The minimum absolute atomic E-state index is 0.00814. The van der Waals surface area contributed by atoms with E-state index in [2.05, 4.69) is 30.4 Å². The number of H-pyrrole nitrogens is 1. The number of hydrogen-bond acceptors (Lipinski definition) is 7. The molecule has 0 radical (unpaired) electrons. The van der Waals surface area contributed by atoms with E-state index < -0.39 is 11.7 Å². The highest BCUT2D eigenvalue weighted by Crippen LogP contribution is 2.28. The first-order valence-corrected chi connectivity index (χ1v) is 8.02. The number of anilines is 2. The van der Waals surface area contributed by atoms with Crippen molar-refractivity contribution in [2.24, 2.45) is 0 Å². The molecule has 4 N–H and O–H groups in total. The number of nitrogen functional groups attached to an aromatic ring is 1. The molecule has 0 bridgehead atoms. The van der Waals surface area contributed by atoms with Crippen LogP contribution in [0.5, 0.6) is 0 Å². The van der Waals surface area contributed by atoms with Crippen LogP contribution in [0.3, 0.4) is 0 Å². The number of rotatable bonds is 2. The molecule has 0 aromatic carbocycles. The second-order valence-electron chi connectivity index (χ2n) is 6.96. The number of alkyl carbamates (subject to hydrolysis) is 1. The number of aromatic amines is 1. The lowest BCUT2D eigenvalue weighted by Gasteiger charge is -2.33. The number of ether oxygens (including phenoxy) is 1. The van der Waals surface area contributed by atoms with E-state index in [4.69, 9.17) is 10.5 Å². The molecule has 2 aromatic heterocycles. The van der Waals surface area contributed by atoms with E-state index in [1.165, 1.54) is 6.33 Å². The normalized spacial score (nSPS) is 18.6. The van der Waals surface area contributed by atoms with Gasteiger partial charge in [-0.05, 0) is 33.6 Å². The van der Waals surface area contributed by atoms with Crippen LogP contribution in [0.1, 0.15) is 33.6 Å². The smallest absolute Gasteiger partial charge is 0.407 e. The van der Waals surface area contributed by atoms with Crippen LogP contribution in [0, 0.1) is 0 Å². The molecule has 1 saturated heterocycles. The molecule has 130 valence electrons. The fourth-order valence-corrected chi connectivity index (χ4v) is 2.86. The lowest BCUT2D eigenvalue weighted by Crippen LogP contribution is -2.49. The summed E-state index contributed by atoms with van der Waals surface area (Å²) in [4.78, 5) is 22.2. The monoisotopic (exact) mass is 333 g/mol. The van der Waals surface area contributed by atoms with Gasteiger partial charge in [0, 0.05) is 19.1 Å². The Kier molecular flexibility index (Phi) is 4.16. The molecule has 1 atom stereocenters. The van der Waals surface area contributed by atoms with Crippen molar-refractivity contribution in [2.45, 2.75) is 45.3 Å². The molecule has 1 aliphatic heterocycles. The molecule has 24 heavy (non-hydrogen) atoms. The molecular weight excluding hydrogens is 310 g/mol. The van der Waals surface area contributed by atoms with Gasteiger partial charge in [0.15, 0.2) is 11.5 Å². The molecule has 0 spiro atoms. The number of amides is 1. The van der Waals surface area contributed by atoms with Gasteiger partial charge in [0.2, 0.25) is 0 Å². The standard InChI is InChI=1S/C15H23N7O2/c1-15(2,3)24-14(23)19-9-5-4-6-22(7-9)13-10-11(16)17-8-18-12(10)20-21-13/h8-9H,4-7H2,1-3H3,(H,19,23)(H3,16,17,18,20,21)/t9-/m1/s1. The number of nitrogens with zero attached hydrogens (tertiary/aromatic N) is 4. The van der Waals surface area contributed by atoms with Crippen LogP contribution in [0.4, 0.5) is 16.4 Å². The maximum Gasteiger partial charge on any atom is 0.407 e. The number of carbonyl (C=O) groups is 1. The third-order valence-corrected chi connectivity index (χ3v) is 3.81. The van der Waals surface area contributed by atoms with Gasteiger partial charge in [-0.3, -0.25) is 5.10 Å². The van der Waals surface area contributed by atoms with E-state index in [1.807, 2.05) is 20.8 Å². The highest BCUT2D eigenvalue weighted by molar-refractivity contribution is 5.95. The van der Waals surface area contributed by atoms with Crippen molar-refractivity contribution >= 4 is 28.8 Å². The van der Waals surface area contributed by atoms with Gasteiger partial charge in [-0.25, -0.2) is 14.8 Å². The Morgan fingerprint density at radius 3 is 3.00 bits per heavy atom. The Hall–Kier alpha value is -2.58. The second kappa shape index (κ2) is 6.14. The summed E-state index contributed by atoms with van der Waals surface area (Å²) in [6.07, 6.45) is 2.83. The molecule has 3 heterocycles. The Morgan fingerprint density at radius 1 is 1.46 bits per heavy atom. The van der Waals surface area contributed by atoms with Crippen LogP contribution in [0.2, 0.25) is 0 Å². The van der Waals surface area contributed by atoms with Gasteiger partial charge in [-0.15, -0.1) is 0 Å². The average Bonchev–Trinajstić information content (AvgIpc) is 2.91. The molecule has 3 rings (SSSR count). The summed E-state index contributed by atoms with van der Waals surface area (Å²) in [5.41, 5.74) is 6.06. The van der Waals surface area contributed by atoms with E-state index in [9.17, 15) is 4.79 Å². The van der Waals surface area contributed by atoms with Gasteiger partial charge in [0.25, 0.3) is 0 Å². The summed E-state index contributed by atoms with van der Waals surface area (Å²) >= 11 is 0. The molecule has 0 aliphatic carbocycles. The number of piperidine rings is 1. The SMILES string of the molecule is CC(C)(C)OC(=O)N[C@@H]1CCCN(c2n[nH]c3ncnc(N)c23)C1. The predicted octanol–water partition coefficient (Wildman–Crippen LogP) is 1.43. The number of carbonyl (C=O) groups excluding carboxylic acids is 1. The van der Waals surface area contributed by atoms with E-state index in [0.717, 1.165) is 30.6 Å². The van der Waals surface area contributed by atoms with Gasteiger partial charge >= 0.3 is 6.09 Å². The van der Waals surface area contributed by atoms with E-state index in [1.54, 1.807) is 0 Å². The van der Waals surface area contributed by atoms with Gasteiger partial charge in [-0.1, -0.05) is 0 Å². The zero-order valence-corrected chi connectivity index (χ0v) is 14.2. The van der Waals surface area contributed by atoms with Crippen molar-refractivity contribution in [3.05, 3.63) is 6.33 Å². The van der Waals surface area contributed by atoms with Crippen LogP contribution in [0.25, 0.3) is 11.0 Å². The zero-order chi connectivity index (χ0) is 17.3. The first kappa shape index (κ1) is 16.3. The Bertz CT molecular complexity index is 737. The molecule has 0 saturated carbocycles. The zero-order valence-electron chi connectivity index (χ0n) is 14.2. The first-order valence-electron chi connectivity index (χ1n) is 8.02. The Labute approximate surface area is 140 Å². The van der Waals surface area contributed by atoms with Crippen molar-refractivity contribution < 1.29 is 9.53 Å². The lowest BCUT2D eigenvalue weighted by atomic mass is 10.1. The van der Waals surface area contributed by atoms with Gasteiger partial charge < -0.3 is 20.7 Å². The van der Waals surface area contributed by atoms with Gasteiger partial charge in [0.05, 0.1) is 0 Å². The predicted molar refractivity (Wildman–Crippen MR) is 90.7 cm³/mol. The van der Waals surface area contributed by atoms with Crippen molar-refractivity contribution in [1.29, 1.82) is 0 Å². The maximum atomic E-state index is 12.0. The molecule has 0 unspecified atom stereocenters. The first-order chi connectivity index (χ1) is 11.3. The third-order valence-electron chi connectivity index (χ3n) is 3.81. The van der Waals surface area contributed by atoms with Crippen LogP contribution in [-0.4, -0.2) is 51.0 Å². The fraction of sp³-hybridized carbons (Fsp3) is 0.600. The number of aromatic nitrogens is 4. The summed E-state index contributed by atoms with van der Waals surface area (Å²) in [5.74, 6) is 1.12. The van der Waals surface area contributed by atoms with Crippen LogP contribution < -0.4 is 16.0 Å². The number of fused-ring (bicyclic) bond motifs is 1. The largest absolute Gasteiger partial charge is 0.444 e. The molecule has 9 nitrogen and oxygen atoms in total. The van der Waals surface area contributed by atoms with Crippen LogP contribution in [-0.2, 0) is 4.74 Å². The van der Waals surface area contributed by atoms with E-state index >= 15 is 0 Å². The number of nitrogens with one attached hydrogen (secondary N) is 2. The number of nitrogens with two attached hydrogens (primary N) is 1. The quantitative estimate of drug-likeness (QED) is 0.759. The summed E-state index contributed by atoms with van der Waals surface area (Å²) in [5, 5.41) is 10.9. The van der Waals surface area contributed by atoms with Crippen molar-refractivity contribution in [2.75, 3.05) is 23.7 Å². The highest BCUT2D eigenvalue weighted by atomic mass is 16.6. The summed E-state index contributed by atoms with van der Waals surface area (Å²) in [7, 11) is 0. The average molecular weight is 333 g/mol. The maximum absolute atomic E-state index is 12.0. The molecular formula is C15H23N7O2. The molecule has 2 aromatic rings. The second-order valence-corrected chi connectivity index (χ2v) is 6.96. The van der Waals surface area contributed by atoms with Crippen molar-refractivity contribution in [3.63, 3.8) is 0 Å². The summed E-state index contributed by atoms with van der Waals surface area (Å²) in [6, 6.07) is -0.00814. The van der Waals surface area contributed by atoms with Gasteiger partial charge in [-0.2, -0.15) is 5.10 Å². The van der Waals surface area contributed by atoms with Gasteiger partial charge in [0.1, 0.15) is 23.1 Å². The molecule has 1 amide bonds. The van der Waals surface area contributed by atoms with Crippen LogP contribution >= 0.6 is 0 Å². The topological polar surface area (TPSA) is 122 Å². The summed E-state index contributed by atoms with van der Waals surface area (Å²) < 4.78 is 5.33. The molecule has 9 heteroatoms. The lowest BCUT2D eigenvalue weighted by molar-refractivity contribution is 0.0500. The minimum Gasteiger partial charge on any atom is -0.444 e. The van der Waals surface area contributed by atoms with Crippen molar-refractivity contribution in [1.82, 2.24) is 25.5 Å². The molecule has 1 fully saturated rings. The van der Waals surface area contributed by atoms with Crippen LogP contribution in [0.15, 0.2) is 6.33 Å². The minimum atomic E-state index is -0.511. The van der Waals surface area contributed by atoms with E-state index in [-0.39, 0.29) is 6.04 Å².